The average Bonchev–Trinajstić information content (AvgIpc) is 2.34. The van der Waals surface area contributed by atoms with Crippen LogP contribution in [0.4, 0.5) is 11.5 Å². The Hall–Kier alpha value is -1.29. The highest BCUT2D eigenvalue weighted by Gasteiger charge is 2.34. The number of nitrogens with zero attached hydrogens (tertiary/aromatic N) is 2. The van der Waals surface area contributed by atoms with Gasteiger partial charge in [0.1, 0.15) is 5.82 Å². The maximum absolute atomic E-state index is 5.72. The molecule has 0 radical (unpaired) electrons. The van der Waals surface area contributed by atoms with Crippen molar-refractivity contribution in [3.63, 3.8) is 0 Å². The van der Waals surface area contributed by atoms with Crippen molar-refractivity contribution in [2.75, 3.05) is 30.7 Å². The predicted molar refractivity (Wildman–Crippen MR) is 70.0 cm³/mol. The first-order valence-corrected chi connectivity index (χ1v) is 6.43. The van der Waals surface area contributed by atoms with Gasteiger partial charge >= 0.3 is 0 Å². The molecule has 3 N–H and O–H groups in total. The molecule has 0 aliphatic carbocycles. The summed E-state index contributed by atoms with van der Waals surface area (Å²) in [6.45, 7) is 5.78. The standard InChI is InChI=1S/C13H20N4/c1-9-6-11(14)7-15-13(9)16-12-8-17-4-2-10(12)3-5-17/h6-7,10,12H,2-5,8,14H2,1H3,(H,15,16). The fraction of sp³-hybridized carbons (Fsp3) is 0.615. The lowest BCUT2D eigenvalue weighted by atomic mass is 9.84. The van der Waals surface area contributed by atoms with E-state index in [0.29, 0.717) is 6.04 Å². The van der Waals surface area contributed by atoms with E-state index >= 15 is 0 Å². The van der Waals surface area contributed by atoms with Gasteiger partial charge in [-0.3, -0.25) is 0 Å². The molecule has 3 saturated heterocycles. The van der Waals surface area contributed by atoms with E-state index in [9.17, 15) is 0 Å². The van der Waals surface area contributed by atoms with Gasteiger partial charge in [-0.05, 0) is 50.4 Å². The molecule has 1 unspecified atom stereocenters. The van der Waals surface area contributed by atoms with Crippen molar-refractivity contribution in [2.45, 2.75) is 25.8 Å². The second kappa shape index (κ2) is 4.18. The highest BCUT2D eigenvalue weighted by atomic mass is 15.2. The average molecular weight is 232 g/mol. The van der Waals surface area contributed by atoms with Crippen LogP contribution in [0.25, 0.3) is 0 Å². The molecule has 17 heavy (non-hydrogen) atoms. The van der Waals surface area contributed by atoms with Crippen LogP contribution in [-0.2, 0) is 0 Å². The van der Waals surface area contributed by atoms with Crippen LogP contribution in [0.2, 0.25) is 0 Å². The molecule has 4 heterocycles. The molecule has 0 amide bonds. The van der Waals surface area contributed by atoms with Crippen molar-refractivity contribution in [2.24, 2.45) is 5.92 Å². The molecule has 3 fully saturated rings. The molecule has 0 spiro atoms. The van der Waals surface area contributed by atoms with Gasteiger partial charge in [0.15, 0.2) is 0 Å². The van der Waals surface area contributed by atoms with E-state index in [2.05, 4.69) is 22.1 Å². The Morgan fingerprint density at radius 3 is 2.76 bits per heavy atom. The summed E-state index contributed by atoms with van der Waals surface area (Å²) >= 11 is 0. The third-order valence-corrected chi connectivity index (χ3v) is 4.08. The summed E-state index contributed by atoms with van der Waals surface area (Å²) in [5.74, 6) is 1.82. The van der Waals surface area contributed by atoms with Gasteiger partial charge in [0.05, 0.1) is 11.9 Å². The first kappa shape index (κ1) is 10.8. The minimum atomic E-state index is 0.562. The second-order valence-electron chi connectivity index (χ2n) is 5.32. The third-order valence-electron chi connectivity index (χ3n) is 4.08. The Labute approximate surface area is 102 Å². The minimum Gasteiger partial charge on any atom is -0.397 e. The molecule has 1 atom stereocenters. The van der Waals surface area contributed by atoms with Crippen molar-refractivity contribution in [1.29, 1.82) is 0 Å². The van der Waals surface area contributed by atoms with Crippen LogP contribution in [0.1, 0.15) is 18.4 Å². The number of rotatable bonds is 2. The molecule has 4 heteroatoms. The van der Waals surface area contributed by atoms with Gasteiger partial charge in [-0.25, -0.2) is 4.98 Å². The van der Waals surface area contributed by atoms with Crippen LogP contribution in [0.3, 0.4) is 0 Å². The Bertz CT molecular complexity index is 410. The number of anilines is 2. The molecular formula is C13H20N4. The van der Waals surface area contributed by atoms with Crippen LogP contribution in [-0.4, -0.2) is 35.6 Å². The number of fused-ring (bicyclic) bond motifs is 3. The molecule has 3 aliphatic rings. The Morgan fingerprint density at radius 2 is 2.18 bits per heavy atom. The molecule has 0 aromatic carbocycles. The van der Waals surface area contributed by atoms with Crippen molar-refractivity contribution in [3.05, 3.63) is 17.8 Å². The van der Waals surface area contributed by atoms with E-state index in [-0.39, 0.29) is 0 Å². The maximum atomic E-state index is 5.72. The number of aromatic nitrogens is 1. The van der Waals surface area contributed by atoms with E-state index in [1.807, 2.05) is 6.07 Å². The van der Waals surface area contributed by atoms with Crippen molar-refractivity contribution in [3.8, 4) is 0 Å². The molecule has 3 aliphatic heterocycles. The van der Waals surface area contributed by atoms with Gasteiger partial charge in [-0.1, -0.05) is 0 Å². The number of hydrogen-bond acceptors (Lipinski definition) is 4. The summed E-state index contributed by atoms with van der Waals surface area (Å²) < 4.78 is 0. The van der Waals surface area contributed by atoms with Crippen LogP contribution >= 0.6 is 0 Å². The fourth-order valence-electron chi connectivity index (χ4n) is 3.05. The maximum Gasteiger partial charge on any atom is 0.129 e. The highest BCUT2D eigenvalue weighted by Crippen LogP contribution is 2.30. The number of nitrogen functional groups attached to an aromatic ring is 1. The molecular weight excluding hydrogens is 212 g/mol. The molecule has 4 nitrogen and oxygen atoms in total. The molecule has 2 bridgehead atoms. The number of nitrogens with one attached hydrogen (secondary N) is 1. The van der Waals surface area contributed by atoms with Gasteiger partial charge in [-0.2, -0.15) is 0 Å². The molecule has 1 aromatic rings. The predicted octanol–water partition coefficient (Wildman–Crippen LogP) is 1.48. The first-order valence-electron chi connectivity index (χ1n) is 6.43. The second-order valence-corrected chi connectivity index (χ2v) is 5.32. The smallest absolute Gasteiger partial charge is 0.129 e. The van der Waals surface area contributed by atoms with Gasteiger partial charge in [-0.15, -0.1) is 0 Å². The molecule has 0 saturated carbocycles. The lowest BCUT2D eigenvalue weighted by Gasteiger charge is -2.45. The first-order chi connectivity index (χ1) is 8.22. The van der Waals surface area contributed by atoms with Crippen LogP contribution in [0.15, 0.2) is 12.3 Å². The number of hydrogen-bond donors (Lipinski definition) is 2. The van der Waals surface area contributed by atoms with Crippen LogP contribution < -0.4 is 11.1 Å². The van der Waals surface area contributed by atoms with Gasteiger partial charge in [0, 0.05) is 12.6 Å². The van der Waals surface area contributed by atoms with E-state index in [0.717, 1.165) is 29.5 Å². The summed E-state index contributed by atoms with van der Waals surface area (Å²) in [4.78, 5) is 6.95. The zero-order valence-corrected chi connectivity index (χ0v) is 10.3. The largest absolute Gasteiger partial charge is 0.397 e. The van der Waals surface area contributed by atoms with Crippen molar-refractivity contribution < 1.29 is 0 Å². The van der Waals surface area contributed by atoms with Crippen LogP contribution in [0, 0.1) is 12.8 Å². The SMILES string of the molecule is Cc1cc(N)cnc1NC1CN2CCC1CC2. The molecule has 4 rings (SSSR count). The van der Waals surface area contributed by atoms with E-state index in [1.54, 1.807) is 6.20 Å². The Kier molecular flexibility index (Phi) is 2.67. The number of aryl methyl sites for hydroxylation is 1. The van der Waals surface area contributed by atoms with Gasteiger partial charge in [0.2, 0.25) is 0 Å². The fourth-order valence-corrected chi connectivity index (χ4v) is 3.05. The van der Waals surface area contributed by atoms with Gasteiger partial charge < -0.3 is 16.0 Å². The van der Waals surface area contributed by atoms with E-state index < -0.39 is 0 Å². The number of pyridine rings is 1. The molecule has 92 valence electrons. The zero-order valence-electron chi connectivity index (χ0n) is 10.3. The zero-order chi connectivity index (χ0) is 11.8. The topological polar surface area (TPSA) is 54.2 Å². The minimum absolute atomic E-state index is 0.562. The van der Waals surface area contributed by atoms with Crippen LogP contribution in [0.5, 0.6) is 0 Å². The summed E-state index contributed by atoms with van der Waals surface area (Å²) in [6.07, 6.45) is 4.38. The summed E-state index contributed by atoms with van der Waals surface area (Å²) in [7, 11) is 0. The number of nitrogens with two attached hydrogens (primary N) is 1. The number of piperidine rings is 3. The molecule has 1 aromatic heterocycles. The monoisotopic (exact) mass is 232 g/mol. The summed E-state index contributed by atoms with van der Waals surface area (Å²) in [6, 6.07) is 2.55. The van der Waals surface area contributed by atoms with E-state index in [4.69, 9.17) is 5.73 Å². The normalized spacial score (nSPS) is 31.5. The summed E-state index contributed by atoms with van der Waals surface area (Å²) in [5.41, 5.74) is 7.60. The summed E-state index contributed by atoms with van der Waals surface area (Å²) in [5, 5.41) is 3.60. The Balaban J connectivity index is 1.74. The lowest BCUT2D eigenvalue weighted by molar-refractivity contribution is 0.0973. The lowest BCUT2D eigenvalue weighted by Crippen LogP contribution is -2.53. The highest BCUT2D eigenvalue weighted by molar-refractivity contribution is 5.51. The van der Waals surface area contributed by atoms with Gasteiger partial charge in [0.25, 0.3) is 0 Å². The third kappa shape index (κ3) is 2.09. The van der Waals surface area contributed by atoms with Crippen molar-refractivity contribution >= 4 is 11.5 Å². The quantitative estimate of drug-likeness (QED) is 0.811. The van der Waals surface area contributed by atoms with Crippen molar-refractivity contribution in [1.82, 2.24) is 9.88 Å². The van der Waals surface area contributed by atoms with E-state index in [1.165, 1.54) is 25.9 Å². The Morgan fingerprint density at radius 1 is 1.41 bits per heavy atom.